The van der Waals surface area contributed by atoms with Crippen LogP contribution >= 0.6 is 11.6 Å². The molecule has 3 rings (SSSR count). The molecule has 2 amide bonds. The van der Waals surface area contributed by atoms with Gasteiger partial charge >= 0.3 is 6.03 Å². The third-order valence-corrected chi connectivity index (χ3v) is 5.10. The van der Waals surface area contributed by atoms with Crippen LogP contribution in [0.5, 0.6) is 0 Å². The Labute approximate surface area is 148 Å². The molecule has 1 N–H and O–H groups in total. The van der Waals surface area contributed by atoms with Gasteiger partial charge in [0.05, 0.1) is 16.8 Å². The van der Waals surface area contributed by atoms with Gasteiger partial charge in [-0.15, -0.1) is 0 Å². The first-order chi connectivity index (χ1) is 11.7. The van der Waals surface area contributed by atoms with Gasteiger partial charge in [-0.05, 0) is 37.8 Å². The Kier molecular flexibility index (Phi) is 6.21. The van der Waals surface area contributed by atoms with Gasteiger partial charge in [0.1, 0.15) is 0 Å². The number of para-hydroxylation sites is 1. The molecule has 0 radical (unpaired) electrons. The predicted molar refractivity (Wildman–Crippen MR) is 96.8 cm³/mol. The quantitative estimate of drug-likeness (QED) is 0.906. The van der Waals surface area contributed by atoms with Crippen LogP contribution in [-0.4, -0.2) is 56.4 Å². The number of carbonyl (C=O) groups is 1. The minimum absolute atomic E-state index is 0.0321. The summed E-state index contributed by atoms with van der Waals surface area (Å²) in [7, 11) is 0. The number of anilines is 1. The highest BCUT2D eigenvalue weighted by Gasteiger charge is 2.22. The molecule has 132 valence electrons. The van der Waals surface area contributed by atoms with E-state index in [-0.39, 0.29) is 6.03 Å². The Morgan fingerprint density at radius 3 is 2.71 bits per heavy atom. The van der Waals surface area contributed by atoms with E-state index in [1.165, 1.54) is 12.8 Å². The van der Waals surface area contributed by atoms with Gasteiger partial charge in [0.2, 0.25) is 0 Å². The van der Waals surface area contributed by atoms with Crippen molar-refractivity contribution in [1.29, 1.82) is 0 Å². The second-order valence-corrected chi connectivity index (χ2v) is 6.84. The van der Waals surface area contributed by atoms with Gasteiger partial charge in [-0.3, -0.25) is 0 Å². The third kappa shape index (κ3) is 4.54. The molecule has 0 saturated carbocycles. The van der Waals surface area contributed by atoms with E-state index in [0.29, 0.717) is 12.6 Å². The van der Waals surface area contributed by atoms with Gasteiger partial charge in [-0.25, -0.2) is 4.79 Å². The minimum Gasteiger partial charge on any atom is -0.378 e. The zero-order valence-corrected chi connectivity index (χ0v) is 14.8. The summed E-state index contributed by atoms with van der Waals surface area (Å²) in [6.45, 7) is 4.61. The van der Waals surface area contributed by atoms with Crippen molar-refractivity contribution in [3.05, 3.63) is 29.3 Å². The lowest BCUT2D eigenvalue weighted by molar-refractivity contribution is 0.0118. The number of carbonyl (C=O) groups excluding carboxylic acids is 1. The summed E-state index contributed by atoms with van der Waals surface area (Å²) in [5.41, 5.74) is 1.05. The molecule has 5 nitrogen and oxygen atoms in total. The molecule has 0 spiro atoms. The summed E-state index contributed by atoms with van der Waals surface area (Å²) in [6.07, 6.45) is 4.75. The van der Waals surface area contributed by atoms with E-state index in [9.17, 15) is 4.79 Å². The first kappa shape index (κ1) is 17.4. The fraction of sp³-hybridized carbons (Fsp3) is 0.611. The number of nitrogens with zero attached hydrogens (tertiary/aromatic N) is 2. The van der Waals surface area contributed by atoms with Crippen molar-refractivity contribution in [2.45, 2.75) is 31.8 Å². The van der Waals surface area contributed by atoms with E-state index in [1.807, 2.05) is 29.2 Å². The van der Waals surface area contributed by atoms with E-state index in [1.54, 1.807) is 0 Å². The van der Waals surface area contributed by atoms with E-state index < -0.39 is 0 Å². The number of halogens is 1. The lowest BCUT2D eigenvalue weighted by Gasteiger charge is -2.36. The van der Waals surface area contributed by atoms with Crippen molar-refractivity contribution in [3.8, 4) is 0 Å². The molecule has 1 aromatic rings. The molecule has 0 aliphatic carbocycles. The zero-order valence-electron chi connectivity index (χ0n) is 14.0. The SMILES string of the molecule is O=C(NCCC1CCCCO1)N1CCN(c2ccccc2Cl)CC1. The number of nitrogens with one attached hydrogen (secondary N) is 1. The van der Waals surface area contributed by atoms with E-state index in [2.05, 4.69) is 10.2 Å². The van der Waals surface area contributed by atoms with Crippen molar-refractivity contribution < 1.29 is 9.53 Å². The Balaban J connectivity index is 1.39. The topological polar surface area (TPSA) is 44.8 Å². The first-order valence-corrected chi connectivity index (χ1v) is 9.25. The molecule has 0 bridgehead atoms. The molecule has 1 aromatic carbocycles. The van der Waals surface area contributed by atoms with Gasteiger partial charge in [0.25, 0.3) is 0 Å². The summed E-state index contributed by atoms with van der Waals surface area (Å²) >= 11 is 6.25. The Hall–Kier alpha value is -1.46. The molecule has 6 heteroatoms. The smallest absolute Gasteiger partial charge is 0.317 e. The fourth-order valence-corrected chi connectivity index (χ4v) is 3.60. The maximum absolute atomic E-state index is 12.3. The Morgan fingerprint density at radius 1 is 1.21 bits per heavy atom. The predicted octanol–water partition coefficient (Wildman–Crippen LogP) is 3.13. The number of amides is 2. The number of piperazine rings is 1. The lowest BCUT2D eigenvalue weighted by atomic mass is 10.1. The summed E-state index contributed by atoms with van der Waals surface area (Å²) in [5.74, 6) is 0. The normalized spacial score (nSPS) is 21.6. The molecule has 2 aliphatic rings. The van der Waals surface area contributed by atoms with Crippen molar-refractivity contribution >= 4 is 23.3 Å². The minimum atomic E-state index is 0.0321. The molecular formula is C18H26ClN3O2. The molecule has 1 unspecified atom stereocenters. The maximum Gasteiger partial charge on any atom is 0.317 e. The van der Waals surface area contributed by atoms with Crippen molar-refractivity contribution in [1.82, 2.24) is 10.2 Å². The second kappa shape index (κ2) is 8.58. The number of urea groups is 1. The lowest BCUT2D eigenvalue weighted by Crippen LogP contribution is -2.52. The van der Waals surface area contributed by atoms with Crippen LogP contribution < -0.4 is 10.2 Å². The van der Waals surface area contributed by atoms with Crippen LogP contribution in [0.4, 0.5) is 10.5 Å². The summed E-state index contributed by atoms with van der Waals surface area (Å²) in [6, 6.07) is 7.90. The van der Waals surface area contributed by atoms with Gasteiger partial charge < -0.3 is 19.9 Å². The van der Waals surface area contributed by atoms with Crippen molar-refractivity contribution in [3.63, 3.8) is 0 Å². The Morgan fingerprint density at radius 2 is 2.00 bits per heavy atom. The van der Waals surface area contributed by atoms with E-state index >= 15 is 0 Å². The molecule has 2 saturated heterocycles. The number of ether oxygens (including phenoxy) is 1. The van der Waals surface area contributed by atoms with Gasteiger partial charge in [-0.1, -0.05) is 23.7 Å². The summed E-state index contributed by atoms with van der Waals surface area (Å²) in [5, 5.41) is 3.79. The van der Waals surface area contributed by atoms with Gasteiger partial charge in [-0.2, -0.15) is 0 Å². The highest BCUT2D eigenvalue weighted by Crippen LogP contribution is 2.26. The number of rotatable bonds is 4. The van der Waals surface area contributed by atoms with Crippen LogP contribution in [0.3, 0.4) is 0 Å². The molecule has 0 aromatic heterocycles. The fourth-order valence-electron chi connectivity index (χ4n) is 3.35. The van der Waals surface area contributed by atoms with Crippen LogP contribution in [0, 0.1) is 0 Å². The van der Waals surface area contributed by atoms with E-state index in [4.69, 9.17) is 16.3 Å². The monoisotopic (exact) mass is 351 g/mol. The number of benzene rings is 1. The van der Waals surface area contributed by atoms with Crippen LogP contribution in [0.25, 0.3) is 0 Å². The first-order valence-electron chi connectivity index (χ1n) is 8.88. The number of hydrogen-bond acceptors (Lipinski definition) is 3. The maximum atomic E-state index is 12.3. The zero-order chi connectivity index (χ0) is 16.8. The molecule has 1 atom stereocenters. The third-order valence-electron chi connectivity index (χ3n) is 4.78. The standard InChI is InChI=1S/C18H26ClN3O2/c19-16-6-1-2-7-17(16)21-10-12-22(13-11-21)18(23)20-9-8-15-5-3-4-14-24-15/h1-2,6-7,15H,3-5,8-14H2,(H,20,23). The number of hydrogen-bond donors (Lipinski definition) is 1. The van der Waals surface area contributed by atoms with E-state index in [0.717, 1.165) is 56.3 Å². The van der Waals surface area contributed by atoms with Crippen LogP contribution in [-0.2, 0) is 4.74 Å². The van der Waals surface area contributed by atoms with Gasteiger partial charge in [0.15, 0.2) is 0 Å². The molecule has 24 heavy (non-hydrogen) atoms. The highest BCUT2D eigenvalue weighted by atomic mass is 35.5. The van der Waals surface area contributed by atoms with Crippen LogP contribution in [0.1, 0.15) is 25.7 Å². The van der Waals surface area contributed by atoms with Gasteiger partial charge in [0, 0.05) is 39.3 Å². The molecular weight excluding hydrogens is 326 g/mol. The molecule has 2 heterocycles. The summed E-state index contributed by atoms with van der Waals surface area (Å²) < 4.78 is 5.70. The average molecular weight is 352 g/mol. The molecule has 2 aliphatic heterocycles. The largest absolute Gasteiger partial charge is 0.378 e. The van der Waals surface area contributed by atoms with Crippen molar-refractivity contribution in [2.24, 2.45) is 0 Å². The summed E-state index contributed by atoms with van der Waals surface area (Å²) in [4.78, 5) is 16.4. The van der Waals surface area contributed by atoms with Crippen molar-refractivity contribution in [2.75, 3.05) is 44.2 Å². The highest BCUT2D eigenvalue weighted by molar-refractivity contribution is 6.33. The second-order valence-electron chi connectivity index (χ2n) is 6.43. The van der Waals surface area contributed by atoms with Crippen LogP contribution in [0.15, 0.2) is 24.3 Å². The average Bonchev–Trinajstić information content (AvgIpc) is 2.63. The van der Waals surface area contributed by atoms with Crippen LogP contribution in [0.2, 0.25) is 5.02 Å². The molecule has 2 fully saturated rings. The Bertz CT molecular complexity index is 541.